The summed E-state index contributed by atoms with van der Waals surface area (Å²) in [6.07, 6.45) is 1.68. The Bertz CT molecular complexity index is 1300. The van der Waals surface area contributed by atoms with Gasteiger partial charge in [0.05, 0.1) is 12.1 Å². The number of nitrogens with one attached hydrogen (secondary N) is 1. The summed E-state index contributed by atoms with van der Waals surface area (Å²) in [5, 5.41) is 2.94. The molecule has 0 unspecified atom stereocenters. The van der Waals surface area contributed by atoms with E-state index in [0.717, 1.165) is 22.2 Å². The Kier molecular flexibility index (Phi) is 5.71. The summed E-state index contributed by atoms with van der Waals surface area (Å²) in [5.74, 6) is -0.134. The van der Waals surface area contributed by atoms with Crippen molar-refractivity contribution in [1.29, 1.82) is 0 Å². The van der Waals surface area contributed by atoms with E-state index in [-0.39, 0.29) is 11.6 Å². The molecular weight excluding hydrogens is 388 g/mol. The topological polar surface area (TPSA) is 68.9 Å². The summed E-state index contributed by atoms with van der Waals surface area (Å²) in [5.41, 5.74) is 6.14. The normalized spacial score (nSPS) is 11.1. The third-order valence-electron chi connectivity index (χ3n) is 5.49. The van der Waals surface area contributed by atoms with Gasteiger partial charge in [-0.2, -0.15) is 0 Å². The molecule has 6 nitrogen and oxygen atoms in total. The quantitative estimate of drug-likeness (QED) is 0.524. The lowest BCUT2D eigenvalue weighted by Gasteiger charge is -2.09. The Hall–Kier alpha value is -3.67. The largest absolute Gasteiger partial charge is 0.350 e. The minimum Gasteiger partial charge on any atom is -0.350 e. The van der Waals surface area contributed by atoms with E-state index >= 15 is 0 Å². The monoisotopic (exact) mass is 414 g/mol. The van der Waals surface area contributed by atoms with Crippen LogP contribution in [0.15, 0.2) is 65.6 Å². The van der Waals surface area contributed by atoms with Crippen molar-refractivity contribution in [3.63, 3.8) is 0 Å². The lowest BCUT2D eigenvalue weighted by atomic mass is 10.1. The maximum Gasteiger partial charge on any atom is 0.330 e. The van der Waals surface area contributed by atoms with E-state index in [1.807, 2.05) is 75.4 Å². The molecule has 1 amide bonds. The summed E-state index contributed by atoms with van der Waals surface area (Å²) >= 11 is 0. The number of pyridine rings is 1. The Balaban J connectivity index is 1.56. The predicted molar refractivity (Wildman–Crippen MR) is 123 cm³/mol. The van der Waals surface area contributed by atoms with Crippen molar-refractivity contribution in [1.82, 2.24) is 19.4 Å². The van der Waals surface area contributed by atoms with E-state index in [9.17, 15) is 9.59 Å². The fraction of sp³-hybridized carbons (Fsp3) is 0.240. The SMILES string of the molecule is Cc1ccc(Cn2c(=O)n(CCNC(=O)c3cc(C)ccc3C)c3ncccc32)cc1. The van der Waals surface area contributed by atoms with Crippen LogP contribution in [0, 0.1) is 20.8 Å². The van der Waals surface area contributed by atoms with Crippen molar-refractivity contribution in [2.24, 2.45) is 0 Å². The van der Waals surface area contributed by atoms with Crippen molar-refractivity contribution in [3.05, 3.63) is 99.1 Å². The van der Waals surface area contributed by atoms with Crippen molar-refractivity contribution in [2.45, 2.75) is 33.9 Å². The van der Waals surface area contributed by atoms with Crippen LogP contribution in [0.4, 0.5) is 0 Å². The van der Waals surface area contributed by atoms with Gasteiger partial charge in [-0.1, -0.05) is 47.5 Å². The van der Waals surface area contributed by atoms with Gasteiger partial charge in [0.2, 0.25) is 0 Å². The van der Waals surface area contributed by atoms with Crippen molar-refractivity contribution >= 4 is 17.1 Å². The van der Waals surface area contributed by atoms with Gasteiger partial charge in [0, 0.05) is 24.8 Å². The van der Waals surface area contributed by atoms with Crippen LogP contribution in [0.3, 0.4) is 0 Å². The fourth-order valence-corrected chi connectivity index (χ4v) is 3.73. The minimum atomic E-state index is -0.134. The number of fused-ring (bicyclic) bond motifs is 1. The van der Waals surface area contributed by atoms with Crippen LogP contribution < -0.4 is 11.0 Å². The molecule has 0 spiro atoms. The second kappa shape index (κ2) is 8.60. The van der Waals surface area contributed by atoms with Crippen molar-refractivity contribution < 1.29 is 4.79 Å². The average Bonchev–Trinajstić information content (AvgIpc) is 3.03. The molecule has 1 N–H and O–H groups in total. The minimum absolute atomic E-state index is 0.129. The molecular formula is C25H26N4O2. The summed E-state index contributed by atoms with van der Waals surface area (Å²) in [7, 11) is 0. The van der Waals surface area contributed by atoms with Gasteiger partial charge >= 0.3 is 5.69 Å². The second-order valence-corrected chi connectivity index (χ2v) is 7.93. The van der Waals surface area contributed by atoms with Crippen LogP contribution in [-0.2, 0) is 13.1 Å². The second-order valence-electron chi connectivity index (χ2n) is 7.93. The molecule has 0 aliphatic rings. The molecule has 0 bridgehead atoms. The molecule has 6 heteroatoms. The van der Waals surface area contributed by atoms with Gasteiger partial charge in [-0.25, -0.2) is 9.78 Å². The van der Waals surface area contributed by atoms with Gasteiger partial charge in [0.15, 0.2) is 5.65 Å². The fourth-order valence-electron chi connectivity index (χ4n) is 3.73. The van der Waals surface area contributed by atoms with Gasteiger partial charge in [-0.3, -0.25) is 13.9 Å². The molecule has 31 heavy (non-hydrogen) atoms. The van der Waals surface area contributed by atoms with E-state index in [4.69, 9.17) is 0 Å². The first-order valence-corrected chi connectivity index (χ1v) is 10.4. The van der Waals surface area contributed by atoms with Crippen molar-refractivity contribution in [3.8, 4) is 0 Å². The molecule has 0 fully saturated rings. The maximum absolute atomic E-state index is 13.2. The van der Waals surface area contributed by atoms with Gasteiger partial charge in [-0.05, 0) is 50.1 Å². The Labute approximate surface area is 181 Å². The van der Waals surface area contributed by atoms with Crippen LogP contribution in [0.2, 0.25) is 0 Å². The molecule has 0 saturated heterocycles. The van der Waals surface area contributed by atoms with Crippen LogP contribution >= 0.6 is 0 Å². The molecule has 0 atom stereocenters. The van der Waals surface area contributed by atoms with E-state index < -0.39 is 0 Å². The Morgan fingerprint density at radius 1 is 0.968 bits per heavy atom. The van der Waals surface area contributed by atoms with Crippen LogP contribution in [0.25, 0.3) is 11.2 Å². The Morgan fingerprint density at radius 2 is 1.71 bits per heavy atom. The third-order valence-corrected chi connectivity index (χ3v) is 5.49. The molecule has 4 rings (SSSR count). The number of benzene rings is 2. The lowest BCUT2D eigenvalue weighted by Crippen LogP contribution is -2.32. The molecule has 4 aromatic rings. The zero-order valence-corrected chi connectivity index (χ0v) is 18.1. The number of carbonyl (C=O) groups is 1. The van der Waals surface area contributed by atoms with Crippen LogP contribution in [0.5, 0.6) is 0 Å². The highest BCUT2D eigenvalue weighted by Crippen LogP contribution is 2.13. The Morgan fingerprint density at radius 3 is 2.48 bits per heavy atom. The lowest BCUT2D eigenvalue weighted by molar-refractivity contribution is 0.0951. The zero-order valence-electron chi connectivity index (χ0n) is 18.1. The molecule has 0 aliphatic carbocycles. The molecule has 2 heterocycles. The molecule has 2 aromatic carbocycles. The number of imidazole rings is 1. The predicted octanol–water partition coefficient (Wildman–Crippen LogP) is 3.60. The summed E-state index contributed by atoms with van der Waals surface area (Å²) in [6.45, 7) is 7.09. The first-order chi connectivity index (χ1) is 14.9. The van der Waals surface area contributed by atoms with E-state index in [2.05, 4.69) is 10.3 Å². The average molecular weight is 415 g/mol. The number of hydrogen-bond donors (Lipinski definition) is 1. The van der Waals surface area contributed by atoms with Crippen molar-refractivity contribution in [2.75, 3.05) is 6.54 Å². The number of aryl methyl sites for hydroxylation is 3. The zero-order chi connectivity index (χ0) is 22.0. The van der Waals surface area contributed by atoms with E-state index in [1.165, 1.54) is 5.56 Å². The molecule has 0 saturated carbocycles. The number of carbonyl (C=O) groups excluding carboxylic acids is 1. The number of hydrogen-bond acceptors (Lipinski definition) is 3. The molecule has 0 aliphatic heterocycles. The highest BCUT2D eigenvalue weighted by Gasteiger charge is 2.15. The molecule has 0 radical (unpaired) electrons. The summed E-state index contributed by atoms with van der Waals surface area (Å²) in [4.78, 5) is 30.2. The first kappa shape index (κ1) is 20.6. The van der Waals surface area contributed by atoms with Crippen LogP contribution in [-0.4, -0.2) is 26.6 Å². The van der Waals surface area contributed by atoms with Crippen LogP contribution in [0.1, 0.15) is 32.6 Å². The molecule has 158 valence electrons. The highest BCUT2D eigenvalue weighted by atomic mass is 16.2. The van der Waals surface area contributed by atoms with E-state index in [0.29, 0.717) is 30.8 Å². The number of aromatic nitrogens is 3. The summed E-state index contributed by atoms with van der Waals surface area (Å²) < 4.78 is 3.37. The van der Waals surface area contributed by atoms with E-state index in [1.54, 1.807) is 15.3 Å². The van der Waals surface area contributed by atoms with Gasteiger partial charge in [-0.15, -0.1) is 0 Å². The first-order valence-electron chi connectivity index (χ1n) is 10.4. The van der Waals surface area contributed by atoms with Gasteiger partial charge in [0.25, 0.3) is 5.91 Å². The highest BCUT2D eigenvalue weighted by molar-refractivity contribution is 5.95. The number of amides is 1. The third kappa shape index (κ3) is 4.28. The smallest absolute Gasteiger partial charge is 0.330 e. The number of rotatable bonds is 6. The number of nitrogens with zero attached hydrogens (tertiary/aromatic N) is 3. The maximum atomic E-state index is 13.2. The molecule has 2 aromatic heterocycles. The summed E-state index contributed by atoms with van der Waals surface area (Å²) in [6, 6.07) is 17.7. The van der Waals surface area contributed by atoms with Gasteiger partial charge < -0.3 is 5.32 Å². The van der Waals surface area contributed by atoms with Gasteiger partial charge in [0.1, 0.15) is 0 Å². The standard InChI is InChI=1S/C25H26N4O2/c1-17-7-10-20(11-8-17)16-29-22-5-4-12-26-23(22)28(25(29)31)14-13-27-24(30)21-15-18(2)6-9-19(21)3/h4-12,15H,13-14,16H2,1-3H3,(H,27,30).